The van der Waals surface area contributed by atoms with Crippen molar-refractivity contribution in [2.45, 2.75) is 0 Å². The van der Waals surface area contributed by atoms with E-state index in [4.69, 9.17) is 5.73 Å². The fraction of sp³-hybridized carbons (Fsp3) is 0.111. The van der Waals surface area contributed by atoms with Crippen LogP contribution in [0, 0.1) is 0 Å². The van der Waals surface area contributed by atoms with Crippen molar-refractivity contribution in [3.05, 3.63) is 33.8 Å². The van der Waals surface area contributed by atoms with Gasteiger partial charge < -0.3 is 10.5 Å². The van der Waals surface area contributed by atoms with Crippen molar-refractivity contribution in [2.75, 3.05) is 7.11 Å². The first kappa shape index (κ1) is 10.7. The van der Waals surface area contributed by atoms with E-state index in [1.165, 1.54) is 25.3 Å². The molecule has 14 heavy (non-hydrogen) atoms. The third-order valence-electron chi connectivity index (χ3n) is 1.66. The molecular formula is C9H8BrNO3. The van der Waals surface area contributed by atoms with E-state index < -0.39 is 11.9 Å². The average Bonchev–Trinajstić information content (AvgIpc) is 2.16. The molecule has 1 rings (SSSR count). The number of halogens is 1. The number of ether oxygens (including phenoxy) is 1. The Morgan fingerprint density at radius 2 is 2.07 bits per heavy atom. The Hall–Kier alpha value is -1.36. The fourth-order valence-electron chi connectivity index (χ4n) is 0.944. The highest BCUT2D eigenvalue weighted by Crippen LogP contribution is 2.19. The highest BCUT2D eigenvalue weighted by Gasteiger charge is 2.11. The van der Waals surface area contributed by atoms with E-state index in [0.29, 0.717) is 15.6 Å². The predicted octanol–water partition coefficient (Wildman–Crippen LogP) is 1.33. The van der Waals surface area contributed by atoms with Gasteiger partial charge >= 0.3 is 5.97 Å². The minimum absolute atomic E-state index is 0.338. The number of carbonyl (C=O) groups excluding carboxylic acids is 2. The number of carbonyl (C=O) groups is 2. The van der Waals surface area contributed by atoms with Crippen LogP contribution in [0.5, 0.6) is 0 Å². The van der Waals surface area contributed by atoms with Gasteiger partial charge in [0.25, 0.3) is 0 Å². The Morgan fingerprint density at radius 3 is 2.50 bits per heavy atom. The maximum Gasteiger partial charge on any atom is 0.339 e. The number of amides is 1. The summed E-state index contributed by atoms with van der Waals surface area (Å²) < 4.78 is 5.02. The van der Waals surface area contributed by atoms with Crippen molar-refractivity contribution < 1.29 is 14.3 Å². The normalized spacial score (nSPS) is 9.57. The van der Waals surface area contributed by atoms with E-state index in [2.05, 4.69) is 20.7 Å². The molecular weight excluding hydrogens is 250 g/mol. The third-order valence-corrected chi connectivity index (χ3v) is 2.31. The van der Waals surface area contributed by atoms with Crippen molar-refractivity contribution in [2.24, 2.45) is 5.73 Å². The number of hydrogen-bond acceptors (Lipinski definition) is 3. The molecule has 0 aliphatic heterocycles. The van der Waals surface area contributed by atoms with Crippen molar-refractivity contribution in [1.82, 2.24) is 0 Å². The van der Waals surface area contributed by atoms with Gasteiger partial charge in [-0.1, -0.05) is 0 Å². The molecule has 1 aromatic rings. The number of esters is 1. The molecule has 1 amide bonds. The summed E-state index contributed by atoms with van der Waals surface area (Å²) in [6, 6.07) is 4.43. The molecule has 0 radical (unpaired) electrons. The summed E-state index contributed by atoms with van der Waals surface area (Å²) in [4.78, 5) is 21.9. The Balaban J connectivity index is 3.14. The molecule has 0 aromatic heterocycles. The van der Waals surface area contributed by atoms with E-state index in [0.717, 1.165) is 0 Å². The highest BCUT2D eigenvalue weighted by atomic mass is 79.9. The zero-order chi connectivity index (χ0) is 10.7. The van der Waals surface area contributed by atoms with Gasteiger partial charge in [0.1, 0.15) is 0 Å². The summed E-state index contributed by atoms with van der Waals surface area (Å²) in [5, 5.41) is 0. The van der Waals surface area contributed by atoms with Crippen molar-refractivity contribution in [3.8, 4) is 0 Å². The molecule has 0 spiro atoms. The number of primary amides is 1. The van der Waals surface area contributed by atoms with E-state index in [1.807, 2.05) is 0 Å². The van der Waals surface area contributed by atoms with Crippen LogP contribution in [-0.2, 0) is 4.74 Å². The lowest BCUT2D eigenvalue weighted by Crippen LogP contribution is -2.11. The quantitative estimate of drug-likeness (QED) is 0.813. The summed E-state index contributed by atoms with van der Waals surface area (Å²) >= 11 is 3.15. The predicted molar refractivity (Wildman–Crippen MR) is 54.0 cm³/mol. The molecule has 4 nitrogen and oxygen atoms in total. The monoisotopic (exact) mass is 257 g/mol. The topological polar surface area (TPSA) is 69.4 Å². The molecule has 2 N–H and O–H groups in total. The minimum Gasteiger partial charge on any atom is -0.465 e. The molecule has 0 heterocycles. The number of hydrogen-bond donors (Lipinski definition) is 1. The Bertz CT molecular complexity index is 390. The Morgan fingerprint density at radius 1 is 1.43 bits per heavy atom. The van der Waals surface area contributed by atoms with Crippen LogP contribution in [0.2, 0.25) is 0 Å². The molecule has 0 bridgehead atoms. The number of benzene rings is 1. The first-order valence-electron chi connectivity index (χ1n) is 3.74. The van der Waals surface area contributed by atoms with E-state index in [1.54, 1.807) is 0 Å². The molecule has 74 valence electrons. The van der Waals surface area contributed by atoms with Crippen LogP contribution in [0.15, 0.2) is 22.7 Å². The Labute approximate surface area is 89.2 Å². The standard InChI is InChI=1S/C9H8BrNO3/c1-14-9(13)6-3-2-5(8(11)12)4-7(6)10/h2-4H,1H3,(H2,11,12). The molecule has 0 fully saturated rings. The molecule has 5 heteroatoms. The zero-order valence-electron chi connectivity index (χ0n) is 7.41. The first-order chi connectivity index (χ1) is 6.56. The van der Waals surface area contributed by atoms with Crippen LogP contribution >= 0.6 is 15.9 Å². The van der Waals surface area contributed by atoms with Gasteiger partial charge in [0.2, 0.25) is 5.91 Å². The lowest BCUT2D eigenvalue weighted by atomic mass is 10.1. The van der Waals surface area contributed by atoms with E-state index in [9.17, 15) is 9.59 Å². The maximum absolute atomic E-state index is 11.1. The van der Waals surface area contributed by atoms with Crippen LogP contribution in [0.3, 0.4) is 0 Å². The van der Waals surface area contributed by atoms with Crippen LogP contribution in [-0.4, -0.2) is 19.0 Å². The van der Waals surface area contributed by atoms with Crippen molar-refractivity contribution >= 4 is 27.8 Å². The van der Waals surface area contributed by atoms with Gasteiger partial charge in [-0.3, -0.25) is 4.79 Å². The highest BCUT2D eigenvalue weighted by molar-refractivity contribution is 9.10. The van der Waals surface area contributed by atoms with Gasteiger partial charge in [-0.05, 0) is 34.1 Å². The van der Waals surface area contributed by atoms with Crippen molar-refractivity contribution in [1.29, 1.82) is 0 Å². The molecule has 0 atom stereocenters. The van der Waals surface area contributed by atoms with Gasteiger partial charge in [-0.15, -0.1) is 0 Å². The summed E-state index contributed by atoms with van der Waals surface area (Å²) in [6.07, 6.45) is 0. The number of rotatable bonds is 2. The lowest BCUT2D eigenvalue weighted by molar-refractivity contribution is 0.0599. The van der Waals surface area contributed by atoms with Crippen molar-refractivity contribution in [3.63, 3.8) is 0 Å². The third kappa shape index (κ3) is 2.11. The van der Waals surface area contributed by atoms with Crippen LogP contribution in [0.25, 0.3) is 0 Å². The van der Waals surface area contributed by atoms with E-state index >= 15 is 0 Å². The summed E-state index contributed by atoms with van der Waals surface area (Å²) in [5.41, 5.74) is 5.76. The van der Waals surface area contributed by atoms with Gasteiger partial charge in [0, 0.05) is 10.0 Å². The lowest BCUT2D eigenvalue weighted by Gasteiger charge is -2.03. The maximum atomic E-state index is 11.1. The second-order valence-electron chi connectivity index (χ2n) is 2.55. The van der Waals surface area contributed by atoms with Gasteiger partial charge in [0.15, 0.2) is 0 Å². The fourth-order valence-corrected chi connectivity index (χ4v) is 1.48. The molecule has 0 unspecified atom stereocenters. The number of nitrogens with two attached hydrogens (primary N) is 1. The summed E-state index contributed by atoms with van der Waals surface area (Å²) in [6.45, 7) is 0. The summed E-state index contributed by atoms with van der Waals surface area (Å²) in [7, 11) is 1.29. The van der Waals surface area contributed by atoms with Crippen LogP contribution in [0.4, 0.5) is 0 Å². The summed E-state index contributed by atoms with van der Waals surface area (Å²) in [5.74, 6) is -1.00. The molecule has 0 saturated heterocycles. The Kier molecular flexibility index (Phi) is 3.24. The smallest absolute Gasteiger partial charge is 0.339 e. The van der Waals surface area contributed by atoms with Gasteiger partial charge in [0.05, 0.1) is 12.7 Å². The van der Waals surface area contributed by atoms with E-state index in [-0.39, 0.29) is 0 Å². The average molecular weight is 258 g/mol. The molecule has 0 aliphatic carbocycles. The molecule has 1 aromatic carbocycles. The molecule has 0 saturated carbocycles. The SMILES string of the molecule is COC(=O)c1ccc(C(N)=O)cc1Br. The van der Waals surface area contributed by atoms with Gasteiger partial charge in [-0.25, -0.2) is 4.79 Å². The first-order valence-corrected chi connectivity index (χ1v) is 4.53. The number of methoxy groups -OCH3 is 1. The molecule has 0 aliphatic rings. The largest absolute Gasteiger partial charge is 0.465 e. The van der Waals surface area contributed by atoms with Gasteiger partial charge in [-0.2, -0.15) is 0 Å². The van der Waals surface area contributed by atoms with Crippen LogP contribution < -0.4 is 5.73 Å². The minimum atomic E-state index is -0.540. The second kappa shape index (κ2) is 4.23. The van der Waals surface area contributed by atoms with Crippen LogP contribution in [0.1, 0.15) is 20.7 Å². The zero-order valence-corrected chi connectivity index (χ0v) is 9.00. The second-order valence-corrected chi connectivity index (χ2v) is 3.40.